The minimum absolute atomic E-state index is 0. The molecule has 2 aromatic rings. The molecule has 106 valence electrons. The van der Waals surface area contributed by atoms with E-state index in [1.165, 1.54) is 0 Å². The van der Waals surface area contributed by atoms with Crippen molar-refractivity contribution < 1.29 is 0 Å². The summed E-state index contributed by atoms with van der Waals surface area (Å²) >= 11 is 0. The van der Waals surface area contributed by atoms with Crippen LogP contribution >= 0.6 is 24.8 Å². The molecule has 1 heterocycles. The van der Waals surface area contributed by atoms with Crippen LogP contribution in [0.15, 0.2) is 53.7 Å². The molecule has 4 nitrogen and oxygen atoms in total. The fourth-order valence-corrected chi connectivity index (χ4v) is 2.54. The number of halogens is 2. The lowest BCUT2D eigenvalue weighted by Gasteiger charge is -2.03. The number of nitroso groups, excluding NO2 is 1. The number of benzene rings is 2. The van der Waals surface area contributed by atoms with Crippen LogP contribution in [-0.2, 0) is 0 Å². The Morgan fingerprint density at radius 2 is 1.57 bits per heavy atom. The van der Waals surface area contributed by atoms with Crippen LogP contribution in [0.1, 0.15) is 0 Å². The second-order valence-electron chi connectivity index (χ2n) is 4.46. The molecule has 0 bridgehead atoms. The highest BCUT2D eigenvalue weighted by Crippen LogP contribution is 2.42. The Bertz CT molecular complexity index is 904. The largest absolute Gasteiger partial charge is 0.350 e. The Morgan fingerprint density at radius 1 is 0.905 bits per heavy atom. The van der Waals surface area contributed by atoms with Crippen molar-refractivity contribution >= 4 is 52.3 Å². The molecule has 21 heavy (non-hydrogen) atoms. The number of aromatic nitrogens is 2. The molecule has 6 heteroatoms. The van der Waals surface area contributed by atoms with Crippen molar-refractivity contribution in [1.82, 2.24) is 9.97 Å². The van der Waals surface area contributed by atoms with E-state index < -0.39 is 0 Å². The molecule has 2 aromatic carbocycles. The van der Waals surface area contributed by atoms with E-state index in [1.807, 2.05) is 48.5 Å². The van der Waals surface area contributed by atoms with E-state index >= 15 is 0 Å². The summed E-state index contributed by atoms with van der Waals surface area (Å²) in [5.41, 5.74) is 3.71. The van der Waals surface area contributed by atoms with Gasteiger partial charge in [0.15, 0.2) is 0 Å². The molecular formula is C15H11Cl2N3O. The van der Waals surface area contributed by atoms with Crippen LogP contribution in [-0.4, -0.2) is 9.97 Å². The topological polar surface area (TPSA) is 58.1 Å². The first-order valence-corrected chi connectivity index (χ1v) is 6.01. The van der Waals surface area contributed by atoms with Crippen molar-refractivity contribution in [2.24, 2.45) is 5.18 Å². The number of hydrogen-bond donors (Lipinski definition) is 1. The third kappa shape index (κ3) is 2.13. The minimum atomic E-state index is 0. The normalized spacial score (nSPS) is 10.3. The maximum atomic E-state index is 11.1. The molecule has 0 spiro atoms. The van der Waals surface area contributed by atoms with Gasteiger partial charge < -0.3 is 4.98 Å². The maximum Gasteiger partial charge on any atom is 0.141 e. The molecule has 0 unspecified atom stereocenters. The molecule has 4 rings (SSSR count). The Hall–Kier alpha value is -2.17. The number of hydrogen-bond acceptors (Lipinski definition) is 3. The van der Waals surface area contributed by atoms with Gasteiger partial charge in [-0.1, -0.05) is 36.4 Å². The highest BCUT2D eigenvalue weighted by atomic mass is 35.5. The zero-order valence-corrected chi connectivity index (χ0v) is 12.4. The van der Waals surface area contributed by atoms with E-state index in [1.54, 1.807) is 0 Å². The van der Waals surface area contributed by atoms with Gasteiger partial charge in [-0.2, -0.15) is 0 Å². The van der Waals surface area contributed by atoms with Gasteiger partial charge in [0.2, 0.25) is 0 Å². The first-order valence-electron chi connectivity index (χ1n) is 6.01. The summed E-state index contributed by atoms with van der Waals surface area (Å²) in [7, 11) is 0. The van der Waals surface area contributed by atoms with Crippen LogP contribution < -0.4 is 0 Å². The van der Waals surface area contributed by atoms with Gasteiger partial charge in [-0.05, 0) is 17.3 Å². The van der Waals surface area contributed by atoms with E-state index in [4.69, 9.17) is 0 Å². The van der Waals surface area contributed by atoms with E-state index in [0.29, 0.717) is 11.4 Å². The molecule has 2 aliphatic rings. The van der Waals surface area contributed by atoms with Gasteiger partial charge in [-0.25, -0.2) is 4.98 Å². The van der Waals surface area contributed by atoms with Crippen molar-refractivity contribution in [3.8, 4) is 11.4 Å². The Balaban J connectivity index is 0.000000807. The van der Waals surface area contributed by atoms with Crippen LogP contribution in [0.5, 0.6) is 0 Å². The van der Waals surface area contributed by atoms with Crippen LogP contribution in [0.25, 0.3) is 33.2 Å². The Labute approximate surface area is 132 Å². The van der Waals surface area contributed by atoms with Gasteiger partial charge in [-0.3, -0.25) is 0 Å². The molecule has 1 aliphatic heterocycles. The van der Waals surface area contributed by atoms with E-state index in [2.05, 4.69) is 15.1 Å². The van der Waals surface area contributed by atoms with Gasteiger partial charge in [0, 0.05) is 10.8 Å². The fraction of sp³-hybridized carbons (Fsp3) is 0. The molecule has 0 atom stereocenters. The number of rotatable bonds is 1. The summed E-state index contributed by atoms with van der Waals surface area (Å²) in [4.78, 5) is 19.0. The number of fused-ring (bicyclic) bond motifs is 4. The van der Waals surface area contributed by atoms with Gasteiger partial charge in [0.25, 0.3) is 0 Å². The number of nitrogens with zero attached hydrogens (tertiary/aromatic N) is 2. The van der Waals surface area contributed by atoms with E-state index in [9.17, 15) is 4.91 Å². The predicted octanol–water partition coefficient (Wildman–Crippen LogP) is 5.06. The van der Waals surface area contributed by atoms with Crippen molar-refractivity contribution in [1.29, 1.82) is 0 Å². The average Bonchev–Trinajstić information content (AvgIpc) is 2.78. The molecule has 0 saturated carbocycles. The second kappa shape index (κ2) is 5.68. The Morgan fingerprint density at radius 3 is 2.33 bits per heavy atom. The molecule has 0 radical (unpaired) electrons. The smallest absolute Gasteiger partial charge is 0.141 e. The lowest BCUT2D eigenvalue weighted by molar-refractivity contribution is 1.30. The second-order valence-corrected chi connectivity index (χ2v) is 4.46. The summed E-state index contributed by atoms with van der Waals surface area (Å²) in [5, 5.41) is 4.96. The van der Waals surface area contributed by atoms with E-state index in [-0.39, 0.29) is 24.8 Å². The van der Waals surface area contributed by atoms with Gasteiger partial charge in [0.05, 0.1) is 22.4 Å². The van der Waals surface area contributed by atoms with Crippen molar-refractivity contribution in [2.75, 3.05) is 0 Å². The Kier molecular flexibility index (Phi) is 4.11. The highest BCUT2D eigenvalue weighted by Gasteiger charge is 2.20. The zero-order valence-electron chi connectivity index (χ0n) is 10.7. The summed E-state index contributed by atoms with van der Waals surface area (Å²) < 4.78 is 0. The van der Waals surface area contributed by atoms with Gasteiger partial charge in [0.1, 0.15) is 5.69 Å². The van der Waals surface area contributed by atoms with Crippen molar-refractivity contribution in [3.05, 3.63) is 53.4 Å². The first kappa shape index (κ1) is 15.2. The van der Waals surface area contributed by atoms with E-state index in [0.717, 1.165) is 27.5 Å². The lowest BCUT2D eigenvalue weighted by atomic mass is 10.2. The number of H-pyrrole nitrogens is 1. The van der Waals surface area contributed by atoms with Crippen molar-refractivity contribution in [2.45, 2.75) is 0 Å². The third-order valence-corrected chi connectivity index (χ3v) is 3.40. The molecule has 1 aliphatic carbocycles. The van der Waals surface area contributed by atoms with Gasteiger partial charge >= 0.3 is 0 Å². The predicted molar refractivity (Wildman–Crippen MR) is 90.2 cm³/mol. The number of aromatic amines is 1. The quantitative estimate of drug-likeness (QED) is 0.498. The first-order chi connectivity index (χ1) is 9.38. The van der Waals surface area contributed by atoms with Gasteiger partial charge in [-0.15, -0.1) is 29.7 Å². The SMILES string of the molecule is Cl.Cl.O=Nc1c2[nH]c3ccccc3nc-2c2ccccc12. The standard InChI is InChI=1S/C15H9N3O.2ClH/c19-18-14-10-6-2-1-5-9(10)13-15(14)17-12-8-4-3-7-11(12)16-13;;/h1-8,17H;2*1H. The average molecular weight is 320 g/mol. The summed E-state index contributed by atoms with van der Waals surface area (Å²) in [6.07, 6.45) is 0. The molecule has 0 saturated heterocycles. The highest BCUT2D eigenvalue weighted by molar-refractivity contribution is 6.11. The zero-order chi connectivity index (χ0) is 12.8. The lowest BCUT2D eigenvalue weighted by Crippen LogP contribution is -1.89. The maximum absolute atomic E-state index is 11.1. The third-order valence-electron chi connectivity index (χ3n) is 3.40. The summed E-state index contributed by atoms with van der Waals surface area (Å²) in [6.45, 7) is 0. The van der Waals surface area contributed by atoms with Crippen LogP contribution in [0.4, 0.5) is 5.69 Å². The number of para-hydroxylation sites is 2. The van der Waals surface area contributed by atoms with Crippen LogP contribution in [0.2, 0.25) is 0 Å². The summed E-state index contributed by atoms with van der Waals surface area (Å²) in [6, 6.07) is 15.5. The van der Waals surface area contributed by atoms with Crippen LogP contribution in [0, 0.1) is 4.91 Å². The molecule has 1 N–H and O–H groups in total. The number of nitrogens with one attached hydrogen (secondary N) is 1. The summed E-state index contributed by atoms with van der Waals surface area (Å²) in [5.74, 6) is 0. The molecule has 0 aromatic heterocycles. The molecule has 0 amide bonds. The molecular weight excluding hydrogens is 309 g/mol. The van der Waals surface area contributed by atoms with Crippen molar-refractivity contribution in [3.63, 3.8) is 0 Å². The monoisotopic (exact) mass is 319 g/mol. The van der Waals surface area contributed by atoms with Crippen LogP contribution in [0.3, 0.4) is 0 Å². The molecule has 0 fully saturated rings. The fourth-order valence-electron chi connectivity index (χ4n) is 2.54. The minimum Gasteiger partial charge on any atom is -0.350 e.